The Kier molecular flexibility index (Phi) is 1.86. The number of piperidine rings is 2. The Balaban J connectivity index is 1.98. The number of nitrogens with zero attached hydrogens (tertiary/aromatic N) is 1. The second-order valence-electron chi connectivity index (χ2n) is 4.59. The van der Waals surface area contributed by atoms with Gasteiger partial charge in [0.05, 0.1) is 10.8 Å². The van der Waals surface area contributed by atoms with E-state index in [0.29, 0.717) is 11.9 Å². The lowest BCUT2D eigenvalue weighted by atomic mass is 9.83. The van der Waals surface area contributed by atoms with Gasteiger partial charge in [0.25, 0.3) is 0 Å². The predicted molar refractivity (Wildman–Crippen MR) is 57.1 cm³/mol. The highest BCUT2D eigenvalue weighted by molar-refractivity contribution is 8.00. The van der Waals surface area contributed by atoms with Gasteiger partial charge in [-0.2, -0.15) is 0 Å². The SMILES string of the molecule is CC1C(=O)N2CCSC23CCNC1C3. The van der Waals surface area contributed by atoms with Gasteiger partial charge in [-0.25, -0.2) is 0 Å². The molecule has 3 aliphatic rings. The average molecular weight is 212 g/mol. The number of amides is 1. The molecule has 14 heavy (non-hydrogen) atoms. The van der Waals surface area contributed by atoms with Crippen LogP contribution < -0.4 is 5.32 Å². The quantitative estimate of drug-likeness (QED) is 0.640. The Morgan fingerprint density at radius 1 is 1.64 bits per heavy atom. The first-order valence-corrected chi connectivity index (χ1v) is 6.40. The van der Waals surface area contributed by atoms with Crippen molar-refractivity contribution in [2.45, 2.75) is 30.7 Å². The highest BCUT2D eigenvalue weighted by Crippen LogP contribution is 2.48. The minimum absolute atomic E-state index is 0.180. The number of rotatable bonds is 0. The van der Waals surface area contributed by atoms with Crippen molar-refractivity contribution < 1.29 is 4.79 Å². The van der Waals surface area contributed by atoms with Gasteiger partial charge in [0.2, 0.25) is 5.91 Å². The molecule has 3 rings (SSSR count). The van der Waals surface area contributed by atoms with Crippen LogP contribution >= 0.6 is 11.8 Å². The molecule has 3 saturated heterocycles. The molecule has 4 heteroatoms. The Bertz CT molecular complexity index is 283. The van der Waals surface area contributed by atoms with Gasteiger partial charge in [-0.1, -0.05) is 6.92 Å². The van der Waals surface area contributed by atoms with Crippen molar-refractivity contribution in [1.82, 2.24) is 10.2 Å². The molecule has 78 valence electrons. The summed E-state index contributed by atoms with van der Waals surface area (Å²) in [5, 5.41) is 3.48. The Hall–Kier alpha value is -0.220. The summed E-state index contributed by atoms with van der Waals surface area (Å²) in [6.07, 6.45) is 2.29. The first-order valence-electron chi connectivity index (χ1n) is 5.42. The lowest BCUT2D eigenvalue weighted by molar-refractivity contribution is -0.144. The van der Waals surface area contributed by atoms with E-state index >= 15 is 0 Å². The maximum atomic E-state index is 12.1. The summed E-state index contributed by atoms with van der Waals surface area (Å²) in [5.41, 5.74) is 0. The normalized spacial score (nSPS) is 46.6. The Morgan fingerprint density at radius 2 is 2.50 bits per heavy atom. The number of hydrogen-bond donors (Lipinski definition) is 1. The van der Waals surface area contributed by atoms with E-state index in [1.165, 1.54) is 0 Å². The highest BCUT2D eigenvalue weighted by atomic mass is 32.2. The molecular weight excluding hydrogens is 196 g/mol. The largest absolute Gasteiger partial charge is 0.327 e. The van der Waals surface area contributed by atoms with E-state index in [1.54, 1.807) is 0 Å². The van der Waals surface area contributed by atoms with E-state index in [-0.39, 0.29) is 10.8 Å². The number of fused-ring (bicyclic) bond motifs is 1. The van der Waals surface area contributed by atoms with Gasteiger partial charge in [0, 0.05) is 18.3 Å². The van der Waals surface area contributed by atoms with Crippen LogP contribution in [0.1, 0.15) is 19.8 Å². The van der Waals surface area contributed by atoms with Crippen molar-refractivity contribution in [2.75, 3.05) is 18.8 Å². The van der Waals surface area contributed by atoms with Gasteiger partial charge >= 0.3 is 0 Å². The molecule has 3 aliphatic heterocycles. The van der Waals surface area contributed by atoms with Crippen LogP contribution in [0.3, 0.4) is 0 Å². The molecule has 1 N–H and O–H groups in total. The highest BCUT2D eigenvalue weighted by Gasteiger charge is 2.53. The van der Waals surface area contributed by atoms with Crippen molar-refractivity contribution in [3.05, 3.63) is 0 Å². The molecule has 0 aromatic carbocycles. The molecule has 1 amide bonds. The molecule has 3 atom stereocenters. The number of nitrogens with one attached hydrogen (secondary N) is 1. The summed E-state index contributed by atoms with van der Waals surface area (Å²) in [7, 11) is 0. The van der Waals surface area contributed by atoms with Crippen LogP contribution in [0, 0.1) is 5.92 Å². The minimum Gasteiger partial charge on any atom is -0.327 e. The third-order valence-corrected chi connectivity index (χ3v) is 5.41. The standard InChI is InChI=1S/C10H16N2OS/c1-7-8-6-10(2-3-11-8)12(9(7)13)4-5-14-10/h7-8,11H,2-6H2,1H3. The van der Waals surface area contributed by atoms with E-state index in [1.807, 2.05) is 11.8 Å². The number of hydrogen-bond acceptors (Lipinski definition) is 3. The van der Waals surface area contributed by atoms with Crippen molar-refractivity contribution in [2.24, 2.45) is 5.92 Å². The Labute approximate surface area is 88.6 Å². The fourth-order valence-electron chi connectivity index (χ4n) is 3.04. The van der Waals surface area contributed by atoms with Crippen LogP contribution in [0.4, 0.5) is 0 Å². The van der Waals surface area contributed by atoms with Gasteiger partial charge in [-0.15, -0.1) is 11.8 Å². The molecule has 0 saturated carbocycles. The topological polar surface area (TPSA) is 32.3 Å². The summed E-state index contributed by atoms with van der Waals surface area (Å²) < 4.78 is 0. The fourth-order valence-corrected chi connectivity index (χ4v) is 4.57. The monoisotopic (exact) mass is 212 g/mol. The molecule has 1 spiro atoms. The van der Waals surface area contributed by atoms with Crippen LogP contribution in [0.25, 0.3) is 0 Å². The number of thioether (sulfide) groups is 1. The molecule has 2 bridgehead atoms. The molecule has 0 radical (unpaired) electrons. The first-order chi connectivity index (χ1) is 6.73. The Morgan fingerprint density at radius 3 is 3.36 bits per heavy atom. The summed E-state index contributed by atoms with van der Waals surface area (Å²) in [5.74, 6) is 1.69. The molecule has 3 nitrogen and oxygen atoms in total. The van der Waals surface area contributed by atoms with Crippen LogP contribution in [0.2, 0.25) is 0 Å². The molecule has 3 heterocycles. The van der Waals surface area contributed by atoms with Gasteiger partial charge in [0.15, 0.2) is 0 Å². The van der Waals surface area contributed by atoms with Crippen molar-refractivity contribution in [3.63, 3.8) is 0 Å². The van der Waals surface area contributed by atoms with Crippen molar-refractivity contribution in [3.8, 4) is 0 Å². The van der Waals surface area contributed by atoms with E-state index in [9.17, 15) is 4.79 Å². The van der Waals surface area contributed by atoms with E-state index in [0.717, 1.165) is 31.7 Å². The van der Waals surface area contributed by atoms with Crippen LogP contribution in [-0.4, -0.2) is 40.6 Å². The van der Waals surface area contributed by atoms with Crippen LogP contribution in [0.15, 0.2) is 0 Å². The second-order valence-corrected chi connectivity index (χ2v) is 6.04. The van der Waals surface area contributed by atoms with Crippen molar-refractivity contribution in [1.29, 1.82) is 0 Å². The smallest absolute Gasteiger partial charge is 0.228 e. The average Bonchev–Trinajstić information content (AvgIpc) is 2.58. The zero-order valence-electron chi connectivity index (χ0n) is 8.45. The van der Waals surface area contributed by atoms with E-state index < -0.39 is 0 Å². The maximum absolute atomic E-state index is 12.1. The first kappa shape index (κ1) is 9.04. The van der Waals surface area contributed by atoms with Gasteiger partial charge in [-0.05, 0) is 19.4 Å². The van der Waals surface area contributed by atoms with Gasteiger partial charge < -0.3 is 10.2 Å². The molecule has 3 fully saturated rings. The van der Waals surface area contributed by atoms with E-state index in [2.05, 4.69) is 17.1 Å². The lowest BCUT2D eigenvalue weighted by Gasteiger charge is -2.50. The molecule has 3 unspecified atom stereocenters. The second kappa shape index (κ2) is 2.89. The summed E-state index contributed by atoms with van der Waals surface area (Å²) in [6.45, 7) is 4.12. The third-order valence-electron chi connectivity index (χ3n) is 3.90. The zero-order chi connectivity index (χ0) is 9.76. The molecule has 0 aromatic rings. The van der Waals surface area contributed by atoms with Gasteiger partial charge in [0.1, 0.15) is 0 Å². The number of carbonyl (C=O) groups is 1. The maximum Gasteiger partial charge on any atom is 0.228 e. The fraction of sp³-hybridized carbons (Fsp3) is 0.900. The zero-order valence-corrected chi connectivity index (χ0v) is 9.27. The summed E-state index contributed by atoms with van der Waals surface area (Å²) in [6, 6.07) is 0.429. The third kappa shape index (κ3) is 1.01. The van der Waals surface area contributed by atoms with Crippen LogP contribution in [-0.2, 0) is 4.79 Å². The summed E-state index contributed by atoms with van der Waals surface area (Å²) in [4.78, 5) is 14.4. The summed E-state index contributed by atoms with van der Waals surface area (Å²) >= 11 is 2.00. The predicted octanol–water partition coefficient (Wildman–Crippen LogP) is 0.660. The molecular formula is C10H16N2OS. The number of carbonyl (C=O) groups excluding carboxylic acids is 1. The molecule has 0 aromatic heterocycles. The van der Waals surface area contributed by atoms with E-state index in [4.69, 9.17) is 0 Å². The van der Waals surface area contributed by atoms with Crippen LogP contribution in [0.5, 0.6) is 0 Å². The minimum atomic E-state index is 0.180. The van der Waals surface area contributed by atoms with Crippen molar-refractivity contribution >= 4 is 17.7 Å². The van der Waals surface area contributed by atoms with Gasteiger partial charge in [-0.3, -0.25) is 4.79 Å². The lowest BCUT2D eigenvalue weighted by Crippen LogP contribution is -2.64. The molecule has 0 aliphatic carbocycles.